The topological polar surface area (TPSA) is 131 Å². The number of benzene rings is 2. The highest BCUT2D eigenvalue weighted by Gasteiger charge is 2.21. The minimum Gasteiger partial charge on any atom is -0.477 e. The molecule has 0 aliphatic carbocycles. The molecule has 0 fully saturated rings. The summed E-state index contributed by atoms with van der Waals surface area (Å²) in [6, 6.07) is 13.6. The van der Waals surface area contributed by atoms with Crippen molar-refractivity contribution in [2.75, 3.05) is 11.1 Å². The van der Waals surface area contributed by atoms with E-state index in [0.717, 1.165) is 62.0 Å². The van der Waals surface area contributed by atoms with E-state index < -0.39 is 11.5 Å². The van der Waals surface area contributed by atoms with Crippen LogP contribution in [-0.2, 0) is 24.3 Å². The summed E-state index contributed by atoms with van der Waals surface area (Å²) in [6.07, 6.45) is 2.32. The highest BCUT2D eigenvalue weighted by molar-refractivity contribution is 8.00. The summed E-state index contributed by atoms with van der Waals surface area (Å²) in [5, 5.41) is 24.5. The summed E-state index contributed by atoms with van der Waals surface area (Å²) in [6.45, 7) is 10.2. The number of hydrogen-bond acceptors (Lipinski definition) is 9. The first-order valence-electron chi connectivity index (χ1n) is 13.9. The van der Waals surface area contributed by atoms with Crippen LogP contribution in [0.4, 0.5) is 5.82 Å². The number of anilines is 1. The maximum atomic E-state index is 13.3. The van der Waals surface area contributed by atoms with Gasteiger partial charge in [-0.05, 0) is 62.4 Å². The minimum absolute atomic E-state index is 0.177. The summed E-state index contributed by atoms with van der Waals surface area (Å²) < 4.78 is 13.5. The number of ether oxygens (including phenoxy) is 1. The van der Waals surface area contributed by atoms with E-state index in [1.165, 1.54) is 4.57 Å². The summed E-state index contributed by atoms with van der Waals surface area (Å²) in [5.41, 5.74) is 3.60. The zero-order valence-corrected chi connectivity index (χ0v) is 25.3. The van der Waals surface area contributed by atoms with E-state index in [1.807, 2.05) is 56.3 Å². The van der Waals surface area contributed by atoms with Gasteiger partial charge in [0, 0.05) is 35.4 Å². The summed E-state index contributed by atoms with van der Waals surface area (Å²) >= 11 is 1.12. The molecule has 2 aromatic carbocycles. The van der Waals surface area contributed by atoms with Gasteiger partial charge in [0.2, 0.25) is 5.82 Å². The molecule has 2 N–H and O–H groups in total. The lowest BCUT2D eigenvalue weighted by molar-refractivity contribution is 0.0692. The van der Waals surface area contributed by atoms with Gasteiger partial charge >= 0.3 is 5.97 Å². The molecule has 2 heterocycles. The Morgan fingerprint density at radius 2 is 1.88 bits per heavy atom. The SMILES string of the molecule is CCCCc1nc(C)c(C(=O)O)c(=O)n1Cc1ccc(-c2ccccc2SN(O)c2noc(C)c2C)c(COCC)c1. The maximum Gasteiger partial charge on any atom is 0.343 e. The molecular formula is C31H36N4O6S. The fraction of sp³-hybridized carbons (Fsp3) is 0.355. The Morgan fingerprint density at radius 1 is 1.12 bits per heavy atom. The lowest BCUT2D eigenvalue weighted by Crippen LogP contribution is -2.32. The molecule has 0 amide bonds. The van der Waals surface area contributed by atoms with Gasteiger partial charge in [-0.2, -0.15) is 4.47 Å². The second-order valence-electron chi connectivity index (χ2n) is 9.96. The molecule has 0 spiro atoms. The number of carboxylic acid groups (broad SMARTS) is 1. The summed E-state index contributed by atoms with van der Waals surface area (Å²) in [5.74, 6) is 0.247. The summed E-state index contributed by atoms with van der Waals surface area (Å²) in [4.78, 5) is 30.5. The molecule has 0 aliphatic heterocycles. The molecule has 222 valence electrons. The molecule has 0 aliphatic rings. The average Bonchev–Trinajstić information content (AvgIpc) is 3.30. The van der Waals surface area contributed by atoms with Crippen molar-refractivity contribution < 1.29 is 24.4 Å². The lowest BCUT2D eigenvalue weighted by Gasteiger charge is -2.19. The first-order valence-corrected chi connectivity index (χ1v) is 14.7. The Hall–Kier alpha value is -3.93. The number of rotatable bonds is 13. The van der Waals surface area contributed by atoms with Gasteiger partial charge in [0.15, 0.2) is 0 Å². The van der Waals surface area contributed by atoms with Gasteiger partial charge in [-0.15, -0.1) is 0 Å². The lowest BCUT2D eigenvalue weighted by atomic mass is 9.97. The highest BCUT2D eigenvalue weighted by Crippen LogP contribution is 2.37. The molecule has 0 saturated heterocycles. The Balaban J connectivity index is 1.74. The van der Waals surface area contributed by atoms with Crippen LogP contribution < -0.4 is 10.0 Å². The fourth-order valence-electron chi connectivity index (χ4n) is 4.66. The average molecular weight is 593 g/mol. The number of aromatic nitrogens is 3. The van der Waals surface area contributed by atoms with Crippen molar-refractivity contribution in [2.45, 2.75) is 71.9 Å². The normalized spacial score (nSPS) is 11.2. The molecule has 11 heteroatoms. The van der Waals surface area contributed by atoms with Crippen molar-refractivity contribution in [1.82, 2.24) is 14.7 Å². The Morgan fingerprint density at radius 3 is 2.55 bits per heavy atom. The largest absolute Gasteiger partial charge is 0.477 e. The van der Waals surface area contributed by atoms with Crippen molar-refractivity contribution in [3.05, 3.63) is 92.4 Å². The molecule has 0 atom stereocenters. The molecule has 4 aromatic rings. The van der Waals surface area contributed by atoms with Gasteiger partial charge in [0.05, 0.1) is 18.8 Å². The van der Waals surface area contributed by atoms with Crippen LogP contribution in [0.3, 0.4) is 0 Å². The van der Waals surface area contributed by atoms with Crippen LogP contribution in [0.1, 0.15) is 71.0 Å². The van der Waals surface area contributed by atoms with E-state index in [9.17, 15) is 19.9 Å². The van der Waals surface area contributed by atoms with E-state index >= 15 is 0 Å². The van der Waals surface area contributed by atoms with E-state index in [2.05, 4.69) is 17.1 Å². The van der Waals surface area contributed by atoms with Crippen molar-refractivity contribution in [3.8, 4) is 11.1 Å². The molecule has 10 nitrogen and oxygen atoms in total. The number of carboxylic acids is 1. The molecular weight excluding hydrogens is 556 g/mol. The second kappa shape index (κ2) is 13.8. The van der Waals surface area contributed by atoms with Crippen LogP contribution in [0, 0.1) is 20.8 Å². The molecule has 0 unspecified atom stereocenters. The van der Waals surface area contributed by atoms with E-state index in [-0.39, 0.29) is 17.8 Å². The monoisotopic (exact) mass is 592 g/mol. The molecule has 4 rings (SSSR count). The first kappa shape index (κ1) is 31.0. The predicted molar refractivity (Wildman–Crippen MR) is 161 cm³/mol. The van der Waals surface area contributed by atoms with E-state index in [1.54, 1.807) is 13.8 Å². The number of hydrogen-bond donors (Lipinski definition) is 2. The van der Waals surface area contributed by atoms with Gasteiger partial charge in [0.1, 0.15) is 17.1 Å². The van der Waals surface area contributed by atoms with Crippen LogP contribution in [0.5, 0.6) is 0 Å². The third kappa shape index (κ3) is 6.75. The van der Waals surface area contributed by atoms with Crippen LogP contribution in [0.25, 0.3) is 11.1 Å². The van der Waals surface area contributed by atoms with Crippen molar-refractivity contribution >= 4 is 23.7 Å². The Bertz CT molecular complexity index is 1630. The maximum absolute atomic E-state index is 13.3. The fourth-order valence-corrected chi connectivity index (χ4v) is 5.52. The van der Waals surface area contributed by atoms with Crippen LogP contribution in [-0.4, -0.2) is 37.6 Å². The Labute approximate surface area is 249 Å². The quantitative estimate of drug-likeness (QED) is 0.134. The smallest absolute Gasteiger partial charge is 0.343 e. The number of carbonyl (C=O) groups is 1. The predicted octanol–water partition coefficient (Wildman–Crippen LogP) is 6.35. The number of unbranched alkanes of at least 4 members (excludes halogenated alkanes) is 1. The van der Waals surface area contributed by atoms with Crippen LogP contribution in [0.2, 0.25) is 0 Å². The van der Waals surface area contributed by atoms with Crippen molar-refractivity contribution in [2.24, 2.45) is 0 Å². The Kier molecular flexibility index (Phi) is 10.2. The zero-order chi connectivity index (χ0) is 30.4. The van der Waals surface area contributed by atoms with Crippen LogP contribution >= 0.6 is 11.9 Å². The molecule has 0 radical (unpaired) electrons. The van der Waals surface area contributed by atoms with Crippen LogP contribution in [0.15, 0.2) is 56.7 Å². The van der Waals surface area contributed by atoms with Gasteiger partial charge in [-0.25, -0.2) is 9.78 Å². The van der Waals surface area contributed by atoms with Gasteiger partial charge < -0.3 is 14.4 Å². The number of aromatic carboxylic acids is 1. The molecule has 0 bridgehead atoms. The second-order valence-corrected chi connectivity index (χ2v) is 10.9. The molecule has 0 saturated carbocycles. The molecule has 42 heavy (non-hydrogen) atoms. The van der Waals surface area contributed by atoms with Crippen molar-refractivity contribution in [1.29, 1.82) is 0 Å². The van der Waals surface area contributed by atoms with Gasteiger partial charge in [-0.1, -0.05) is 54.9 Å². The minimum atomic E-state index is -1.28. The first-order chi connectivity index (χ1) is 20.2. The van der Waals surface area contributed by atoms with E-state index in [4.69, 9.17) is 9.26 Å². The van der Waals surface area contributed by atoms with Gasteiger partial charge in [0.25, 0.3) is 5.56 Å². The third-order valence-electron chi connectivity index (χ3n) is 7.04. The molecule has 2 aromatic heterocycles. The zero-order valence-electron chi connectivity index (χ0n) is 24.5. The van der Waals surface area contributed by atoms with E-state index in [0.29, 0.717) is 37.0 Å². The number of nitrogens with zero attached hydrogens (tertiary/aromatic N) is 4. The highest BCUT2D eigenvalue weighted by atomic mass is 32.2. The summed E-state index contributed by atoms with van der Waals surface area (Å²) in [7, 11) is 0. The third-order valence-corrected chi connectivity index (χ3v) is 7.94. The van der Waals surface area contributed by atoms with Gasteiger partial charge in [-0.3, -0.25) is 14.6 Å². The standard InChI is InChI=1S/C31H36N4O6S/c1-6-8-13-27-32-20(4)28(31(37)38)30(36)34(27)17-22-14-15-24(23(16-22)18-40-7-2)25-11-9-10-12-26(25)42-35(39)29-19(3)21(5)41-33-29/h9-12,14-16,39H,6-8,13,17-18H2,1-5H3,(H,37,38). The number of aryl methyl sites for hydroxylation is 3. The van der Waals surface area contributed by atoms with Crippen molar-refractivity contribution in [3.63, 3.8) is 0 Å².